The molecule has 150 valence electrons. The van der Waals surface area contributed by atoms with Crippen LogP contribution in [0.25, 0.3) is 0 Å². The van der Waals surface area contributed by atoms with Crippen molar-refractivity contribution in [3.63, 3.8) is 0 Å². The third-order valence-corrected chi connectivity index (χ3v) is 3.77. The van der Waals surface area contributed by atoms with E-state index in [-0.39, 0.29) is 19.1 Å². The van der Waals surface area contributed by atoms with E-state index in [4.69, 9.17) is 10.5 Å². The summed E-state index contributed by atoms with van der Waals surface area (Å²) in [5, 5.41) is 30.3. The minimum absolute atomic E-state index is 0.155. The molecular weight excluding hydrogens is 342 g/mol. The third-order valence-electron chi connectivity index (χ3n) is 3.77. The number of aliphatic hydroxyl groups excluding tert-OH is 1. The van der Waals surface area contributed by atoms with Crippen LogP contribution in [-0.4, -0.2) is 47.5 Å². The fraction of sp³-hybridized carbons (Fsp3) is 0.812. The molecule has 0 radical (unpaired) electrons. The summed E-state index contributed by atoms with van der Waals surface area (Å²) in [5.74, 6) is -0.573. The minimum Gasteiger partial charge on any atom is -0.396 e. The summed E-state index contributed by atoms with van der Waals surface area (Å²) in [4.78, 5) is 33.0. The molecular formula is C16H31N5O5. The highest BCUT2D eigenvalue weighted by Crippen LogP contribution is 2.08. The zero-order valence-corrected chi connectivity index (χ0v) is 15.2. The Bertz CT molecular complexity index is 433. The number of aliphatic hydroxyl groups is 1. The first-order valence-corrected chi connectivity index (χ1v) is 9.08. The Balaban J connectivity index is 3.68. The van der Waals surface area contributed by atoms with Crippen molar-refractivity contribution in [2.45, 2.75) is 70.3 Å². The number of rotatable bonds is 16. The summed E-state index contributed by atoms with van der Waals surface area (Å²) < 4.78 is 0. The van der Waals surface area contributed by atoms with Crippen molar-refractivity contribution in [3.05, 3.63) is 10.1 Å². The van der Waals surface area contributed by atoms with Crippen molar-refractivity contribution < 1.29 is 19.7 Å². The molecule has 0 aromatic carbocycles. The number of hydrazine groups is 1. The molecule has 0 saturated carbocycles. The Hall–Kier alpha value is -2.23. The first kappa shape index (κ1) is 23.8. The first-order chi connectivity index (χ1) is 12.5. The number of amides is 1. The predicted molar refractivity (Wildman–Crippen MR) is 97.1 cm³/mol. The van der Waals surface area contributed by atoms with E-state index in [0.717, 1.165) is 44.9 Å². The molecule has 0 aliphatic rings. The molecule has 5 N–H and O–H groups in total. The second kappa shape index (κ2) is 16.2. The van der Waals surface area contributed by atoms with Gasteiger partial charge in [0.25, 0.3) is 5.96 Å². The molecule has 0 aliphatic carbocycles. The van der Waals surface area contributed by atoms with Gasteiger partial charge in [0.2, 0.25) is 5.91 Å². The highest BCUT2D eigenvalue weighted by atomic mass is 16.7. The van der Waals surface area contributed by atoms with Gasteiger partial charge in [0.05, 0.1) is 6.04 Å². The Morgan fingerprint density at radius 2 is 1.73 bits per heavy atom. The van der Waals surface area contributed by atoms with E-state index in [1.807, 2.05) is 0 Å². The summed E-state index contributed by atoms with van der Waals surface area (Å²) in [6.45, 7) is 0.530. The van der Waals surface area contributed by atoms with Crippen molar-refractivity contribution in [1.82, 2.24) is 16.1 Å². The number of unbranched alkanes of at least 4 members (excludes halogenated alkanes) is 6. The number of carbonyl (C=O) groups excluding carboxylic acids is 2. The maximum atomic E-state index is 11.8. The number of aldehydes is 1. The van der Waals surface area contributed by atoms with E-state index in [9.17, 15) is 19.7 Å². The number of hydrogen-bond acceptors (Lipinski definition) is 6. The summed E-state index contributed by atoms with van der Waals surface area (Å²) in [6, 6.07) is -0.583. The van der Waals surface area contributed by atoms with E-state index in [0.29, 0.717) is 25.5 Å². The topological polar surface area (TPSA) is 157 Å². The lowest BCUT2D eigenvalue weighted by Gasteiger charge is -2.13. The average molecular weight is 373 g/mol. The van der Waals surface area contributed by atoms with Gasteiger partial charge >= 0.3 is 0 Å². The number of nitrogens with zero attached hydrogens (tertiary/aromatic N) is 1. The van der Waals surface area contributed by atoms with Crippen LogP contribution in [-0.2, 0) is 9.59 Å². The predicted octanol–water partition coefficient (Wildman–Crippen LogP) is 0.869. The zero-order chi connectivity index (χ0) is 19.6. The Morgan fingerprint density at radius 3 is 2.31 bits per heavy atom. The quantitative estimate of drug-likeness (QED) is 0.0670. The number of guanidine groups is 1. The van der Waals surface area contributed by atoms with Gasteiger partial charge in [0, 0.05) is 19.6 Å². The zero-order valence-electron chi connectivity index (χ0n) is 15.2. The SMILES string of the molecule is N=C(NCCCC(C=O)NC(=O)CCCCCCCCCO)N[N+](=O)[O-]. The molecule has 26 heavy (non-hydrogen) atoms. The van der Waals surface area contributed by atoms with Gasteiger partial charge in [-0.2, -0.15) is 0 Å². The lowest BCUT2D eigenvalue weighted by molar-refractivity contribution is -0.525. The minimum atomic E-state index is -0.834. The van der Waals surface area contributed by atoms with Crippen molar-refractivity contribution in [2.75, 3.05) is 13.2 Å². The van der Waals surface area contributed by atoms with Gasteiger partial charge in [0.1, 0.15) is 6.29 Å². The van der Waals surface area contributed by atoms with Crippen molar-refractivity contribution in [1.29, 1.82) is 5.41 Å². The summed E-state index contributed by atoms with van der Waals surface area (Å²) >= 11 is 0. The average Bonchev–Trinajstić information content (AvgIpc) is 2.59. The second-order valence-corrected chi connectivity index (χ2v) is 6.07. The van der Waals surface area contributed by atoms with Gasteiger partial charge in [-0.05, 0) is 25.7 Å². The molecule has 1 unspecified atom stereocenters. The van der Waals surface area contributed by atoms with Crippen LogP contribution in [0.15, 0.2) is 0 Å². The van der Waals surface area contributed by atoms with Crippen LogP contribution in [0.3, 0.4) is 0 Å². The summed E-state index contributed by atoms with van der Waals surface area (Å²) in [7, 11) is 0. The molecule has 1 atom stereocenters. The van der Waals surface area contributed by atoms with Crippen molar-refractivity contribution in [2.24, 2.45) is 0 Å². The molecule has 10 heteroatoms. The molecule has 0 aromatic rings. The van der Waals surface area contributed by atoms with Crippen LogP contribution in [0.5, 0.6) is 0 Å². The number of nitro groups is 1. The molecule has 0 spiro atoms. The smallest absolute Gasteiger partial charge is 0.251 e. The Kier molecular flexibility index (Phi) is 14.9. The first-order valence-electron chi connectivity index (χ1n) is 9.08. The van der Waals surface area contributed by atoms with Crippen molar-refractivity contribution >= 4 is 18.2 Å². The number of nitrogens with one attached hydrogen (secondary N) is 4. The van der Waals surface area contributed by atoms with Crippen molar-refractivity contribution in [3.8, 4) is 0 Å². The molecule has 0 saturated heterocycles. The second-order valence-electron chi connectivity index (χ2n) is 6.07. The highest BCUT2D eigenvalue weighted by molar-refractivity contribution is 5.79. The molecule has 0 fully saturated rings. The standard InChI is InChI=1S/C16H31N5O5/c17-16(20-21(25)26)18-11-8-9-14(13-23)19-15(24)10-6-4-2-1-3-5-7-12-22/h13-14,22H,1-12H2,(H,19,24)(H3,17,18,20). The largest absolute Gasteiger partial charge is 0.396 e. The van der Waals surface area contributed by atoms with Crippen LogP contribution in [0.4, 0.5) is 0 Å². The molecule has 0 aromatic heterocycles. The maximum Gasteiger partial charge on any atom is 0.251 e. The van der Waals surface area contributed by atoms with E-state index in [1.54, 1.807) is 5.43 Å². The molecule has 1 amide bonds. The summed E-state index contributed by atoms with van der Waals surface area (Å²) in [5.41, 5.74) is 1.67. The highest BCUT2D eigenvalue weighted by Gasteiger charge is 2.11. The van der Waals surface area contributed by atoms with E-state index >= 15 is 0 Å². The molecule has 0 heterocycles. The Labute approximate surface area is 153 Å². The van der Waals surface area contributed by atoms with Crippen LogP contribution in [0.2, 0.25) is 0 Å². The van der Waals surface area contributed by atoms with Crippen LogP contribution < -0.4 is 16.1 Å². The monoisotopic (exact) mass is 373 g/mol. The molecule has 0 rings (SSSR count). The van der Waals surface area contributed by atoms with E-state index < -0.39 is 17.0 Å². The third kappa shape index (κ3) is 15.3. The number of hydrogen-bond donors (Lipinski definition) is 5. The number of carbonyl (C=O) groups is 2. The van der Waals surface area contributed by atoms with Crippen LogP contribution >= 0.6 is 0 Å². The fourth-order valence-corrected chi connectivity index (χ4v) is 2.40. The van der Waals surface area contributed by atoms with Crippen LogP contribution in [0.1, 0.15) is 64.2 Å². The van der Waals surface area contributed by atoms with Gasteiger partial charge < -0.3 is 20.5 Å². The lowest BCUT2D eigenvalue weighted by Crippen LogP contribution is -2.41. The lowest BCUT2D eigenvalue weighted by atomic mass is 10.1. The normalized spacial score (nSPS) is 11.4. The van der Waals surface area contributed by atoms with E-state index in [1.165, 1.54) is 0 Å². The molecule has 10 nitrogen and oxygen atoms in total. The van der Waals surface area contributed by atoms with Gasteiger partial charge in [-0.3, -0.25) is 10.2 Å². The van der Waals surface area contributed by atoms with Gasteiger partial charge in [0.15, 0.2) is 5.03 Å². The maximum absolute atomic E-state index is 11.8. The molecule has 0 aliphatic heterocycles. The van der Waals surface area contributed by atoms with E-state index in [2.05, 4.69) is 10.6 Å². The summed E-state index contributed by atoms with van der Waals surface area (Å²) in [6.07, 6.45) is 8.85. The molecule has 0 bridgehead atoms. The van der Waals surface area contributed by atoms with Gasteiger partial charge in [-0.15, -0.1) is 0 Å². The fourth-order valence-electron chi connectivity index (χ4n) is 2.40. The van der Waals surface area contributed by atoms with Gasteiger partial charge in [-0.25, -0.2) is 10.1 Å². The van der Waals surface area contributed by atoms with Gasteiger partial charge in [-0.1, -0.05) is 37.5 Å². The van der Waals surface area contributed by atoms with Crippen LogP contribution in [0, 0.1) is 15.5 Å². The Morgan fingerprint density at radius 1 is 1.12 bits per heavy atom.